The highest BCUT2D eigenvalue weighted by Crippen LogP contribution is 2.63. The SMILES string of the molecule is CC1(C)c2ccccc2-c2ccc(-c3ccccc3N(c3ccc(-c4ccc5c(c4)-c4ccccc4C54c5ccccc5-c5ccccc54)cc3)c3ccccc3-c3cccc4c3-c3ccccc3C4(C)C)cc21. The molecule has 0 fully saturated rings. The Labute approximate surface area is 434 Å². The Hall–Kier alpha value is -8.78. The van der Waals surface area contributed by atoms with E-state index in [9.17, 15) is 0 Å². The van der Waals surface area contributed by atoms with E-state index in [2.05, 4.69) is 281 Å². The maximum absolute atomic E-state index is 2.52. The van der Waals surface area contributed by atoms with Gasteiger partial charge in [0.05, 0.1) is 16.8 Å². The fraction of sp³-hybridized carbons (Fsp3) is 0.0959. The van der Waals surface area contributed by atoms with Crippen LogP contribution in [0.15, 0.2) is 249 Å². The van der Waals surface area contributed by atoms with Crippen molar-refractivity contribution in [2.24, 2.45) is 0 Å². The number of hydrogen-bond donors (Lipinski definition) is 0. The highest BCUT2D eigenvalue weighted by molar-refractivity contribution is 6.01. The lowest BCUT2D eigenvalue weighted by Crippen LogP contribution is -2.25. The summed E-state index contributed by atoms with van der Waals surface area (Å²) in [6.07, 6.45) is 0. The van der Waals surface area contributed by atoms with Crippen LogP contribution >= 0.6 is 0 Å². The summed E-state index contributed by atoms with van der Waals surface area (Å²) < 4.78 is 0. The molecule has 74 heavy (non-hydrogen) atoms. The summed E-state index contributed by atoms with van der Waals surface area (Å²) in [5, 5.41) is 0. The molecule has 1 spiro atoms. The fourth-order valence-corrected chi connectivity index (χ4v) is 14.1. The Morgan fingerprint density at radius 2 is 0.649 bits per heavy atom. The molecule has 1 nitrogen and oxygen atoms in total. The van der Waals surface area contributed by atoms with Crippen LogP contribution in [0.2, 0.25) is 0 Å². The van der Waals surface area contributed by atoms with Gasteiger partial charge in [-0.3, -0.25) is 0 Å². The summed E-state index contributed by atoms with van der Waals surface area (Å²) in [4.78, 5) is 2.52. The van der Waals surface area contributed by atoms with Gasteiger partial charge in [0.1, 0.15) is 0 Å². The molecule has 0 aromatic heterocycles. The first-order valence-corrected chi connectivity index (χ1v) is 26.3. The first kappa shape index (κ1) is 42.9. The van der Waals surface area contributed by atoms with Gasteiger partial charge in [-0.1, -0.05) is 240 Å². The normalized spacial score (nSPS) is 14.8. The number of rotatable bonds is 6. The molecule has 0 amide bonds. The summed E-state index contributed by atoms with van der Waals surface area (Å²) >= 11 is 0. The average Bonchev–Trinajstić information content (AvgIpc) is 4.09. The third-order valence-corrected chi connectivity index (χ3v) is 17.5. The number of fused-ring (bicyclic) bond motifs is 16. The molecule has 0 saturated carbocycles. The molecular formula is C73H53N. The quantitative estimate of drug-likeness (QED) is 0.161. The topological polar surface area (TPSA) is 3.24 Å². The number of anilines is 3. The molecule has 0 unspecified atom stereocenters. The number of benzene rings is 11. The lowest BCUT2D eigenvalue weighted by atomic mass is 9.70. The Balaban J connectivity index is 0.901. The lowest BCUT2D eigenvalue weighted by Gasteiger charge is -2.31. The predicted octanol–water partition coefficient (Wildman–Crippen LogP) is 19.1. The average molecular weight is 944 g/mol. The molecule has 0 bridgehead atoms. The summed E-state index contributed by atoms with van der Waals surface area (Å²) in [7, 11) is 0. The standard InChI is InChI=1S/C73H53N/c1-71(2)61-29-13-9-26-58(61)70-57(27-19-33-66(70)71)56-25-11-18-35-69(56)74(68-34-17-10-20-50(68)48-38-42-55-51-21-5-12-28-60(51)72(3,4)67(55)45-48)49-40-36-46(37-41-49)47-39-43-65-59(44-47)54-24-8-16-32-64(54)73(65)62-30-14-6-22-52(62)53-23-7-15-31-63(53)73/h5-45H,1-4H3. The van der Waals surface area contributed by atoms with Crippen molar-refractivity contribution in [3.63, 3.8) is 0 Å². The first-order valence-electron chi connectivity index (χ1n) is 26.3. The first-order chi connectivity index (χ1) is 36.2. The second-order valence-corrected chi connectivity index (χ2v) is 21.9. The highest BCUT2D eigenvalue weighted by Gasteiger charge is 2.51. The van der Waals surface area contributed by atoms with E-state index < -0.39 is 0 Å². The molecule has 0 saturated heterocycles. The lowest BCUT2D eigenvalue weighted by molar-refractivity contribution is 0.660. The summed E-state index contributed by atoms with van der Waals surface area (Å²) in [6, 6.07) is 93.9. The molecule has 11 aromatic rings. The van der Waals surface area contributed by atoms with Crippen molar-refractivity contribution in [2.45, 2.75) is 43.9 Å². The minimum absolute atomic E-state index is 0.119. The predicted molar refractivity (Wildman–Crippen MR) is 309 cm³/mol. The van der Waals surface area contributed by atoms with E-state index in [1.54, 1.807) is 0 Å². The highest BCUT2D eigenvalue weighted by atomic mass is 15.1. The molecule has 0 N–H and O–H groups in total. The van der Waals surface area contributed by atoms with E-state index in [1.807, 2.05) is 0 Å². The number of hydrogen-bond acceptors (Lipinski definition) is 1. The minimum Gasteiger partial charge on any atom is -0.309 e. The molecule has 1 heteroatoms. The van der Waals surface area contributed by atoms with Crippen LogP contribution in [-0.4, -0.2) is 0 Å². The third kappa shape index (κ3) is 5.76. The van der Waals surface area contributed by atoms with Crippen LogP contribution in [0, 0.1) is 0 Å². The summed E-state index contributed by atoms with van der Waals surface area (Å²) in [5.41, 5.74) is 31.5. The van der Waals surface area contributed by atoms with Gasteiger partial charge in [-0.15, -0.1) is 0 Å². The van der Waals surface area contributed by atoms with E-state index in [1.165, 1.54) is 122 Å². The van der Waals surface area contributed by atoms with Gasteiger partial charge >= 0.3 is 0 Å². The maximum atomic E-state index is 2.52. The van der Waals surface area contributed by atoms with Crippen molar-refractivity contribution < 1.29 is 0 Å². The largest absolute Gasteiger partial charge is 0.309 e. The van der Waals surface area contributed by atoms with Crippen molar-refractivity contribution in [1.82, 2.24) is 0 Å². The van der Waals surface area contributed by atoms with E-state index in [0.29, 0.717) is 0 Å². The third-order valence-electron chi connectivity index (χ3n) is 17.5. The second-order valence-electron chi connectivity index (χ2n) is 21.9. The van der Waals surface area contributed by atoms with Crippen LogP contribution < -0.4 is 4.90 Å². The molecule has 0 atom stereocenters. The van der Waals surface area contributed by atoms with Gasteiger partial charge in [-0.25, -0.2) is 0 Å². The van der Waals surface area contributed by atoms with Crippen molar-refractivity contribution in [2.75, 3.05) is 4.90 Å². The van der Waals surface area contributed by atoms with E-state index in [-0.39, 0.29) is 16.2 Å². The number of nitrogens with zero attached hydrogens (tertiary/aromatic N) is 1. The van der Waals surface area contributed by atoms with Crippen molar-refractivity contribution in [3.05, 3.63) is 293 Å². The van der Waals surface area contributed by atoms with Crippen LogP contribution in [0.1, 0.15) is 72.2 Å². The Bertz CT molecular complexity index is 4100. The van der Waals surface area contributed by atoms with Gasteiger partial charge in [-0.2, -0.15) is 0 Å². The van der Waals surface area contributed by atoms with Gasteiger partial charge in [-0.05, 0) is 148 Å². The van der Waals surface area contributed by atoms with Gasteiger partial charge in [0.15, 0.2) is 0 Å². The monoisotopic (exact) mass is 943 g/mol. The van der Waals surface area contributed by atoms with Crippen LogP contribution in [-0.2, 0) is 16.2 Å². The van der Waals surface area contributed by atoms with Gasteiger partial charge in [0, 0.05) is 27.6 Å². The maximum Gasteiger partial charge on any atom is 0.0725 e. The van der Waals surface area contributed by atoms with Gasteiger partial charge in [0.25, 0.3) is 0 Å². The zero-order valence-electron chi connectivity index (χ0n) is 42.1. The molecule has 4 aliphatic carbocycles. The van der Waals surface area contributed by atoms with Crippen LogP contribution in [0.3, 0.4) is 0 Å². The van der Waals surface area contributed by atoms with Crippen molar-refractivity contribution >= 4 is 17.1 Å². The Morgan fingerprint density at radius 3 is 1.28 bits per heavy atom. The van der Waals surface area contributed by atoms with Crippen LogP contribution in [0.4, 0.5) is 17.1 Å². The van der Waals surface area contributed by atoms with E-state index >= 15 is 0 Å². The van der Waals surface area contributed by atoms with Gasteiger partial charge in [0.2, 0.25) is 0 Å². The molecular weight excluding hydrogens is 891 g/mol. The molecule has 0 aliphatic heterocycles. The zero-order chi connectivity index (χ0) is 49.5. The molecule has 4 aliphatic rings. The van der Waals surface area contributed by atoms with Crippen LogP contribution in [0.5, 0.6) is 0 Å². The second kappa shape index (κ2) is 15.6. The smallest absolute Gasteiger partial charge is 0.0725 e. The fourth-order valence-electron chi connectivity index (χ4n) is 14.1. The van der Waals surface area contributed by atoms with Gasteiger partial charge < -0.3 is 4.90 Å². The summed E-state index contributed by atoms with van der Waals surface area (Å²) in [5.74, 6) is 0. The molecule has 11 aromatic carbocycles. The molecule has 350 valence electrons. The molecule has 15 rings (SSSR count). The summed E-state index contributed by atoms with van der Waals surface area (Å²) in [6.45, 7) is 9.50. The van der Waals surface area contributed by atoms with Crippen LogP contribution in [0.25, 0.3) is 77.9 Å². The van der Waals surface area contributed by atoms with E-state index in [4.69, 9.17) is 0 Å². The zero-order valence-corrected chi connectivity index (χ0v) is 42.1. The Morgan fingerprint density at radius 1 is 0.243 bits per heavy atom. The molecule has 0 radical (unpaired) electrons. The minimum atomic E-state index is -0.363. The van der Waals surface area contributed by atoms with E-state index in [0.717, 1.165) is 17.1 Å². The van der Waals surface area contributed by atoms with Crippen molar-refractivity contribution in [3.8, 4) is 77.9 Å². The Kier molecular flexibility index (Phi) is 9.04. The van der Waals surface area contributed by atoms with Crippen molar-refractivity contribution in [1.29, 1.82) is 0 Å². The number of para-hydroxylation sites is 2. The molecule has 0 heterocycles.